The Kier molecular flexibility index (Phi) is 5.45. The highest BCUT2D eigenvalue weighted by molar-refractivity contribution is 5.16. The SMILES string of the molecule is CCCC1(CCC)CCNCC1Cc1ccccc1. The molecule has 1 heteroatoms. The zero-order valence-corrected chi connectivity index (χ0v) is 12.6. The number of hydrogen-bond acceptors (Lipinski definition) is 1. The summed E-state index contributed by atoms with van der Waals surface area (Å²) >= 11 is 0. The summed E-state index contributed by atoms with van der Waals surface area (Å²) in [6.45, 7) is 7.11. The maximum Gasteiger partial charge on any atom is -0.00120 e. The Morgan fingerprint density at radius 1 is 1.11 bits per heavy atom. The van der Waals surface area contributed by atoms with E-state index in [0.29, 0.717) is 5.41 Å². The Labute approximate surface area is 118 Å². The van der Waals surface area contributed by atoms with E-state index in [9.17, 15) is 0 Å². The maximum atomic E-state index is 3.63. The quantitative estimate of drug-likeness (QED) is 0.797. The minimum absolute atomic E-state index is 0.588. The number of rotatable bonds is 6. The van der Waals surface area contributed by atoms with E-state index in [2.05, 4.69) is 49.5 Å². The molecule has 1 unspecified atom stereocenters. The summed E-state index contributed by atoms with van der Waals surface area (Å²) in [6, 6.07) is 11.0. The molecule has 1 nitrogen and oxygen atoms in total. The fourth-order valence-corrected chi connectivity index (χ4v) is 4.00. The van der Waals surface area contributed by atoms with Crippen LogP contribution in [0, 0.1) is 11.3 Å². The molecule has 0 aliphatic carbocycles. The Morgan fingerprint density at radius 2 is 1.79 bits per heavy atom. The first-order valence-corrected chi connectivity index (χ1v) is 8.05. The topological polar surface area (TPSA) is 12.0 Å². The van der Waals surface area contributed by atoms with Crippen molar-refractivity contribution in [3.8, 4) is 0 Å². The van der Waals surface area contributed by atoms with E-state index in [0.717, 1.165) is 5.92 Å². The van der Waals surface area contributed by atoms with Gasteiger partial charge in [0.2, 0.25) is 0 Å². The zero-order valence-electron chi connectivity index (χ0n) is 12.6. The van der Waals surface area contributed by atoms with Crippen molar-refractivity contribution < 1.29 is 0 Å². The van der Waals surface area contributed by atoms with Gasteiger partial charge in [-0.15, -0.1) is 0 Å². The largest absolute Gasteiger partial charge is 0.316 e. The molecule has 106 valence electrons. The Balaban J connectivity index is 2.13. The second kappa shape index (κ2) is 7.09. The van der Waals surface area contributed by atoms with Crippen molar-refractivity contribution >= 4 is 0 Å². The van der Waals surface area contributed by atoms with Gasteiger partial charge in [-0.1, -0.05) is 57.0 Å². The molecule has 0 spiro atoms. The Morgan fingerprint density at radius 3 is 2.42 bits per heavy atom. The van der Waals surface area contributed by atoms with E-state index in [-0.39, 0.29) is 0 Å². The van der Waals surface area contributed by atoms with E-state index in [1.54, 1.807) is 0 Å². The zero-order chi connectivity index (χ0) is 13.6. The lowest BCUT2D eigenvalue weighted by Gasteiger charge is -2.45. The monoisotopic (exact) mass is 259 g/mol. The number of nitrogens with one attached hydrogen (secondary N) is 1. The first-order valence-electron chi connectivity index (χ1n) is 8.05. The van der Waals surface area contributed by atoms with E-state index in [1.807, 2.05) is 0 Å². The van der Waals surface area contributed by atoms with Gasteiger partial charge in [-0.2, -0.15) is 0 Å². The van der Waals surface area contributed by atoms with Gasteiger partial charge in [0.05, 0.1) is 0 Å². The second-order valence-corrected chi connectivity index (χ2v) is 6.20. The summed E-state index contributed by atoms with van der Waals surface area (Å²) in [4.78, 5) is 0. The third-order valence-corrected chi connectivity index (χ3v) is 4.88. The molecule has 1 aliphatic heterocycles. The van der Waals surface area contributed by atoms with Gasteiger partial charge < -0.3 is 5.32 Å². The number of piperidine rings is 1. The van der Waals surface area contributed by atoms with Gasteiger partial charge in [-0.05, 0) is 55.7 Å². The molecule has 19 heavy (non-hydrogen) atoms. The van der Waals surface area contributed by atoms with Crippen LogP contribution in [0.15, 0.2) is 30.3 Å². The highest BCUT2D eigenvalue weighted by Gasteiger charge is 2.38. The van der Waals surface area contributed by atoms with Gasteiger partial charge in [0.1, 0.15) is 0 Å². The second-order valence-electron chi connectivity index (χ2n) is 6.20. The van der Waals surface area contributed by atoms with Crippen LogP contribution < -0.4 is 5.32 Å². The molecule has 1 aromatic carbocycles. The highest BCUT2D eigenvalue weighted by atomic mass is 14.9. The van der Waals surface area contributed by atoms with Gasteiger partial charge in [0.15, 0.2) is 0 Å². The highest BCUT2D eigenvalue weighted by Crippen LogP contribution is 2.44. The van der Waals surface area contributed by atoms with Crippen LogP contribution >= 0.6 is 0 Å². The lowest BCUT2D eigenvalue weighted by Crippen LogP contribution is -2.46. The van der Waals surface area contributed by atoms with Crippen molar-refractivity contribution in [3.05, 3.63) is 35.9 Å². The van der Waals surface area contributed by atoms with E-state index in [1.165, 1.54) is 57.2 Å². The Bertz CT molecular complexity index is 346. The first-order chi connectivity index (χ1) is 9.30. The number of hydrogen-bond donors (Lipinski definition) is 1. The summed E-state index contributed by atoms with van der Waals surface area (Å²) in [5.41, 5.74) is 2.10. The van der Waals surface area contributed by atoms with Crippen LogP contribution in [0.3, 0.4) is 0 Å². The first kappa shape index (κ1) is 14.6. The van der Waals surface area contributed by atoms with Crippen LogP contribution in [0.1, 0.15) is 51.5 Å². The predicted octanol–water partition coefficient (Wildman–Crippen LogP) is 4.43. The van der Waals surface area contributed by atoms with Gasteiger partial charge >= 0.3 is 0 Å². The molecular weight excluding hydrogens is 230 g/mol. The van der Waals surface area contributed by atoms with E-state index < -0.39 is 0 Å². The van der Waals surface area contributed by atoms with Crippen molar-refractivity contribution in [1.29, 1.82) is 0 Å². The fraction of sp³-hybridized carbons (Fsp3) is 0.667. The summed E-state index contributed by atoms with van der Waals surface area (Å²) < 4.78 is 0. The third kappa shape index (κ3) is 3.60. The molecule has 1 saturated heterocycles. The molecule has 1 aromatic rings. The van der Waals surface area contributed by atoms with Gasteiger partial charge in [0, 0.05) is 0 Å². The van der Waals surface area contributed by atoms with Crippen LogP contribution in [0.4, 0.5) is 0 Å². The molecule has 1 heterocycles. The standard InChI is InChI=1S/C18H29N/c1-3-10-18(11-4-2)12-13-19-15-17(18)14-16-8-6-5-7-9-16/h5-9,17,19H,3-4,10-15H2,1-2H3. The Hall–Kier alpha value is -0.820. The summed E-state index contributed by atoms with van der Waals surface area (Å²) in [5.74, 6) is 0.809. The van der Waals surface area contributed by atoms with Crippen LogP contribution in [-0.2, 0) is 6.42 Å². The molecule has 1 fully saturated rings. The molecule has 0 bridgehead atoms. The average molecular weight is 259 g/mol. The summed E-state index contributed by atoms with van der Waals surface area (Å²) in [7, 11) is 0. The van der Waals surface area contributed by atoms with Crippen LogP contribution in [0.25, 0.3) is 0 Å². The molecule has 0 radical (unpaired) electrons. The van der Waals surface area contributed by atoms with Crippen molar-refractivity contribution in [3.63, 3.8) is 0 Å². The molecule has 0 amide bonds. The number of benzene rings is 1. The molecule has 1 aliphatic rings. The van der Waals surface area contributed by atoms with Crippen molar-refractivity contribution in [1.82, 2.24) is 5.32 Å². The molecule has 0 saturated carbocycles. The lowest BCUT2D eigenvalue weighted by molar-refractivity contribution is 0.0814. The van der Waals surface area contributed by atoms with E-state index in [4.69, 9.17) is 0 Å². The van der Waals surface area contributed by atoms with Gasteiger partial charge in [-0.25, -0.2) is 0 Å². The maximum absolute atomic E-state index is 3.63. The third-order valence-electron chi connectivity index (χ3n) is 4.88. The van der Waals surface area contributed by atoms with Crippen LogP contribution in [0.5, 0.6) is 0 Å². The molecule has 2 rings (SSSR count). The van der Waals surface area contributed by atoms with Crippen LogP contribution in [0.2, 0.25) is 0 Å². The van der Waals surface area contributed by atoms with Crippen LogP contribution in [-0.4, -0.2) is 13.1 Å². The fourth-order valence-electron chi connectivity index (χ4n) is 4.00. The molecule has 1 atom stereocenters. The van der Waals surface area contributed by atoms with Gasteiger partial charge in [-0.3, -0.25) is 0 Å². The lowest BCUT2D eigenvalue weighted by atomic mass is 9.64. The normalized spacial score (nSPS) is 22.3. The minimum atomic E-state index is 0.588. The van der Waals surface area contributed by atoms with Crippen molar-refractivity contribution in [2.24, 2.45) is 11.3 Å². The predicted molar refractivity (Wildman–Crippen MR) is 83.4 cm³/mol. The average Bonchev–Trinajstić information content (AvgIpc) is 2.43. The molecule has 1 N–H and O–H groups in total. The molecular formula is C18H29N. The molecule has 0 aromatic heterocycles. The van der Waals surface area contributed by atoms with Crippen molar-refractivity contribution in [2.75, 3.05) is 13.1 Å². The minimum Gasteiger partial charge on any atom is -0.316 e. The summed E-state index contributed by atoms with van der Waals surface area (Å²) in [5, 5.41) is 3.63. The summed E-state index contributed by atoms with van der Waals surface area (Å²) in [6.07, 6.45) is 8.07. The smallest absolute Gasteiger partial charge is 0.00120 e. The van der Waals surface area contributed by atoms with Crippen molar-refractivity contribution in [2.45, 2.75) is 52.4 Å². The van der Waals surface area contributed by atoms with Gasteiger partial charge in [0.25, 0.3) is 0 Å². The van der Waals surface area contributed by atoms with E-state index >= 15 is 0 Å².